The Kier molecular flexibility index (Phi) is 5.19. The number of methoxy groups -OCH3 is 1. The summed E-state index contributed by atoms with van der Waals surface area (Å²) in [5, 5.41) is 2.61. The lowest BCUT2D eigenvalue weighted by molar-refractivity contribution is -0.142. The highest BCUT2D eigenvalue weighted by molar-refractivity contribution is 5.96. The molecule has 0 saturated carbocycles. The predicted octanol–water partition coefficient (Wildman–Crippen LogP) is 1.73. The first-order valence-corrected chi connectivity index (χ1v) is 6.63. The van der Waals surface area contributed by atoms with E-state index in [0.717, 1.165) is 0 Å². The van der Waals surface area contributed by atoms with Crippen molar-refractivity contribution in [1.29, 1.82) is 0 Å². The summed E-state index contributed by atoms with van der Waals surface area (Å²) in [5.41, 5.74) is 1.11. The molecule has 114 valence electrons. The van der Waals surface area contributed by atoms with Crippen molar-refractivity contribution in [2.24, 2.45) is 0 Å². The Hall–Kier alpha value is -2.76. The Bertz CT molecular complexity index is 644. The van der Waals surface area contributed by atoms with Crippen molar-refractivity contribution in [1.82, 2.24) is 10.3 Å². The fourth-order valence-electron chi connectivity index (χ4n) is 1.94. The minimum Gasteiger partial charge on any atom is -0.467 e. The predicted molar refractivity (Wildman–Crippen MR) is 77.6 cm³/mol. The first-order valence-electron chi connectivity index (χ1n) is 6.63. The topological polar surface area (TPSA) is 68.3 Å². The van der Waals surface area contributed by atoms with Gasteiger partial charge in [-0.15, -0.1) is 0 Å². The van der Waals surface area contributed by atoms with E-state index < -0.39 is 17.9 Å². The molecule has 2 rings (SSSR count). The van der Waals surface area contributed by atoms with Crippen LogP contribution in [-0.2, 0) is 16.0 Å². The number of hydrogen-bond acceptors (Lipinski definition) is 4. The summed E-state index contributed by atoms with van der Waals surface area (Å²) >= 11 is 0. The summed E-state index contributed by atoms with van der Waals surface area (Å²) in [4.78, 5) is 27.8. The van der Waals surface area contributed by atoms with E-state index in [1.165, 1.54) is 31.6 Å². The highest BCUT2D eigenvalue weighted by Gasteiger charge is 2.22. The third kappa shape index (κ3) is 4.12. The Morgan fingerprint density at radius 2 is 1.82 bits per heavy atom. The van der Waals surface area contributed by atoms with Crippen molar-refractivity contribution in [2.75, 3.05) is 7.11 Å². The Morgan fingerprint density at radius 3 is 2.41 bits per heavy atom. The maximum atomic E-state index is 12.9. The molecule has 22 heavy (non-hydrogen) atoms. The van der Waals surface area contributed by atoms with E-state index in [4.69, 9.17) is 4.74 Å². The van der Waals surface area contributed by atoms with Gasteiger partial charge in [-0.25, -0.2) is 9.18 Å². The number of nitrogens with zero attached hydrogens (tertiary/aromatic N) is 1. The van der Waals surface area contributed by atoms with E-state index in [1.54, 1.807) is 24.3 Å². The summed E-state index contributed by atoms with van der Waals surface area (Å²) in [5.74, 6) is -1.33. The number of benzene rings is 1. The fourth-order valence-corrected chi connectivity index (χ4v) is 1.94. The van der Waals surface area contributed by atoms with E-state index in [2.05, 4.69) is 10.3 Å². The first-order chi connectivity index (χ1) is 10.6. The second kappa shape index (κ2) is 7.31. The first kappa shape index (κ1) is 15.6. The Balaban J connectivity index is 2.11. The molecule has 0 spiro atoms. The molecule has 1 atom stereocenters. The molecule has 5 nitrogen and oxygen atoms in total. The lowest BCUT2D eigenvalue weighted by Crippen LogP contribution is -2.43. The van der Waals surface area contributed by atoms with Crippen molar-refractivity contribution < 1.29 is 18.7 Å². The van der Waals surface area contributed by atoms with Crippen LogP contribution < -0.4 is 5.32 Å². The molecule has 6 heteroatoms. The number of carbonyl (C=O) groups is 2. The zero-order valence-electron chi connectivity index (χ0n) is 12.0. The third-order valence-corrected chi connectivity index (χ3v) is 3.09. The van der Waals surface area contributed by atoms with Gasteiger partial charge in [-0.1, -0.05) is 12.1 Å². The van der Waals surface area contributed by atoms with E-state index in [9.17, 15) is 14.0 Å². The molecule has 0 aliphatic rings. The molecule has 0 unspecified atom stereocenters. The maximum absolute atomic E-state index is 12.9. The van der Waals surface area contributed by atoms with Crippen LogP contribution in [0, 0.1) is 5.82 Å². The lowest BCUT2D eigenvalue weighted by Gasteiger charge is -2.16. The molecule has 1 N–H and O–H groups in total. The number of carbonyl (C=O) groups excluding carboxylic acids is 2. The molecule has 0 bridgehead atoms. The Labute approximate surface area is 127 Å². The maximum Gasteiger partial charge on any atom is 0.328 e. The van der Waals surface area contributed by atoms with Gasteiger partial charge in [0.05, 0.1) is 7.11 Å². The Morgan fingerprint density at radius 1 is 1.18 bits per heavy atom. The highest BCUT2D eigenvalue weighted by atomic mass is 19.1. The average molecular weight is 302 g/mol. The average Bonchev–Trinajstić information content (AvgIpc) is 2.56. The van der Waals surface area contributed by atoms with Crippen molar-refractivity contribution in [3.8, 4) is 0 Å². The SMILES string of the molecule is COC(=O)[C@H](Cc1ccc(F)cc1)NC(=O)c1ccncc1. The lowest BCUT2D eigenvalue weighted by atomic mass is 10.1. The normalized spacial score (nSPS) is 11.5. The van der Waals surface area contributed by atoms with Crippen LogP contribution in [0.2, 0.25) is 0 Å². The molecule has 0 aliphatic heterocycles. The van der Waals surface area contributed by atoms with Gasteiger partial charge in [0.25, 0.3) is 5.91 Å². The summed E-state index contributed by atoms with van der Waals surface area (Å²) < 4.78 is 17.6. The van der Waals surface area contributed by atoms with Gasteiger partial charge in [0, 0.05) is 24.4 Å². The molecular formula is C16H15FN2O3. The third-order valence-electron chi connectivity index (χ3n) is 3.09. The number of nitrogens with one attached hydrogen (secondary N) is 1. The van der Waals surface area contributed by atoms with Gasteiger partial charge in [-0.2, -0.15) is 0 Å². The molecule has 2 aromatic rings. The standard InChI is InChI=1S/C16H15FN2O3/c1-22-16(21)14(10-11-2-4-13(17)5-3-11)19-15(20)12-6-8-18-9-7-12/h2-9,14H,10H2,1H3,(H,19,20)/t14-/m0/s1. The van der Waals surface area contributed by atoms with Crippen LogP contribution in [0.4, 0.5) is 4.39 Å². The van der Waals surface area contributed by atoms with Crippen LogP contribution in [0.5, 0.6) is 0 Å². The zero-order chi connectivity index (χ0) is 15.9. The van der Waals surface area contributed by atoms with Crippen molar-refractivity contribution in [3.63, 3.8) is 0 Å². The van der Waals surface area contributed by atoms with E-state index in [-0.39, 0.29) is 12.2 Å². The molecular weight excluding hydrogens is 287 g/mol. The molecule has 0 fully saturated rings. The van der Waals surface area contributed by atoms with Gasteiger partial charge in [-0.3, -0.25) is 9.78 Å². The van der Waals surface area contributed by atoms with Crippen LogP contribution in [0.3, 0.4) is 0 Å². The monoisotopic (exact) mass is 302 g/mol. The summed E-state index contributed by atoms with van der Waals surface area (Å²) in [6, 6.07) is 7.95. The van der Waals surface area contributed by atoms with Crippen LogP contribution in [-0.4, -0.2) is 30.0 Å². The molecule has 0 radical (unpaired) electrons. The number of pyridine rings is 1. The number of hydrogen-bond donors (Lipinski definition) is 1. The summed E-state index contributed by atoms with van der Waals surface area (Å²) in [7, 11) is 1.25. The zero-order valence-corrected chi connectivity index (χ0v) is 12.0. The van der Waals surface area contributed by atoms with Gasteiger partial charge >= 0.3 is 5.97 Å². The molecule has 1 heterocycles. The van der Waals surface area contributed by atoms with E-state index in [0.29, 0.717) is 11.1 Å². The number of aromatic nitrogens is 1. The van der Waals surface area contributed by atoms with Gasteiger partial charge in [0.2, 0.25) is 0 Å². The second-order valence-corrected chi connectivity index (χ2v) is 4.62. The van der Waals surface area contributed by atoms with Gasteiger partial charge < -0.3 is 10.1 Å². The number of rotatable bonds is 5. The second-order valence-electron chi connectivity index (χ2n) is 4.62. The quantitative estimate of drug-likeness (QED) is 0.854. The van der Waals surface area contributed by atoms with Crippen molar-refractivity contribution in [3.05, 3.63) is 65.7 Å². The van der Waals surface area contributed by atoms with Gasteiger partial charge in [-0.05, 0) is 29.8 Å². The van der Waals surface area contributed by atoms with E-state index in [1.807, 2.05) is 0 Å². The minimum atomic E-state index is -0.851. The largest absolute Gasteiger partial charge is 0.467 e. The fraction of sp³-hybridized carbons (Fsp3) is 0.188. The minimum absolute atomic E-state index is 0.212. The molecule has 1 amide bonds. The van der Waals surface area contributed by atoms with Crippen LogP contribution in [0.15, 0.2) is 48.8 Å². The van der Waals surface area contributed by atoms with Crippen LogP contribution in [0.25, 0.3) is 0 Å². The number of amides is 1. The van der Waals surface area contributed by atoms with Crippen LogP contribution >= 0.6 is 0 Å². The van der Waals surface area contributed by atoms with Crippen molar-refractivity contribution in [2.45, 2.75) is 12.5 Å². The van der Waals surface area contributed by atoms with E-state index >= 15 is 0 Å². The number of ether oxygens (including phenoxy) is 1. The summed E-state index contributed by atoms with van der Waals surface area (Å²) in [6.45, 7) is 0. The molecule has 0 saturated heterocycles. The smallest absolute Gasteiger partial charge is 0.328 e. The molecule has 1 aromatic carbocycles. The molecule has 0 aliphatic carbocycles. The molecule has 1 aromatic heterocycles. The number of esters is 1. The van der Waals surface area contributed by atoms with Crippen molar-refractivity contribution >= 4 is 11.9 Å². The highest BCUT2D eigenvalue weighted by Crippen LogP contribution is 2.08. The van der Waals surface area contributed by atoms with Gasteiger partial charge in [0.15, 0.2) is 0 Å². The van der Waals surface area contributed by atoms with Gasteiger partial charge in [0.1, 0.15) is 11.9 Å². The summed E-state index contributed by atoms with van der Waals surface area (Å²) in [6.07, 6.45) is 3.19. The number of halogens is 1. The van der Waals surface area contributed by atoms with Crippen LogP contribution in [0.1, 0.15) is 15.9 Å².